The molecule has 0 saturated heterocycles. The summed E-state index contributed by atoms with van der Waals surface area (Å²) in [5.74, 6) is 1.24. The van der Waals surface area contributed by atoms with Crippen LogP contribution < -0.4 is 19.6 Å². The largest absolute Gasteiger partial charge is 0.504 e. The normalized spacial score (nSPS) is 12.4. The van der Waals surface area contributed by atoms with E-state index in [1.165, 1.54) is 6.21 Å². The molecule has 2 aromatic rings. The van der Waals surface area contributed by atoms with Gasteiger partial charge >= 0.3 is 0 Å². The van der Waals surface area contributed by atoms with Crippen LogP contribution in [-0.2, 0) is 0 Å². The van der Waals surface area contributed by atoms with Gasteiger partial charge in [0.2, 0.25) is 6.79 Å². The minimum absolute atomic E-state index is 0.0870. The van der Waals surface area contributed by atoms with Crippen LogP contribution in [0.25, 0.3) is 0 Å². The van der Waals surface area contributed by atoms with Crippen LogP contribution in [0.4, 0.5) is 0 Å². The molecular formula is C17H15IN2O5. The number of hydrogen-bond donors (Lipinski definition) is 2. The number of fused-ring (bicyclic) bond motifs is 1. The summed E-state index contributed by atoms with van der Waals surface area (Å²) in [5, 5.41) is 13.9. The van der Waals surface area contributed by atoms with E-state index < -0.39 is 0 Å². The topological polar surface area (TPSA) is 89.4 Å². The van der Waals surface area contributed by atoms with Gasteiger partial charge < -0.3 is 19.3 Å². The zero-order chi connectivity index (χ0) is 17.8. The second-order valence-corrected chi connectivity index (χ2v) is 6.21. The Morgan fingerprint density at radius 2 is 2.16 bits per heavy atom. The van der Waals surface area contributed by atoms with Gasteiger partial charge in [-0.2, -0.15) is 5.10 Å². The van der Waals surface area contributed by atoms with Crippen molar-refractivity contribution in [3.05, 3.63) is 45.0 Å². The Hall–Kier alpha value is -2.49. The molecule has 7 nitrogen and oxygen atoms in total. The number of benzene rings is 2. The van der Waals surface area contributed by atoms with Crippen LogP contribution >= 0.6 is 22.6 Å². The first-order valence-electron chi connectivity index (χ1n) is 7.47. The van der Waals surface area contributed by atoms with Gasteiger partial charge in [0.1, 0.15) is 0 Å². The van der Waals surface area contributed by atoms with Crippen molar-refractivity contribution in [2.45, 2.75) is 6.92 Å². The fraction of sp³-hybridized carbons (Fsp3) is 0.176. The van der Waals surface area contributed by atoms with Gasteiger partial charge in [-0.15, -0.1) is 0 Å². The number of nitrogens with zero attached hydrogens (tertiary/aromatic N) is 1. The molecule has 0 unspecified atom stereocenters. The second-order valence-electron chi connectivity index (χ2n) is 5.05. The number of aromatic hydroxyl groups is 1. The van der Waals surface area contributed by atoms with Crippen molar-refractivity contribution in [3.63, 3.8) is 0 Å². The van der Waals surface area contributed by atoms with Crippen LogP contribution in [0.1, 0.15) is 22.8 Å². The smallest absolute Gasteiger partial charge is 0.271 e. The van der Waals surface area contributed by atoms with Crippen LogP contribution in [0, 0.1) is 3.57 Å². The first-order chi connectivity index (χ1) is 12.1. The van der Waals surface area contributed by atoms with Crippen LogP contribution in [0.15, 0.2) is 35.4 Å². The Balaban J connectivity index is 1.69. The van der Waals surface area contributed by atoms with Gasteiger partial charge in [0, 0.05) is 5.56 Å². The monoisotopic (exact) mass is 454 g/mol. The first-order valence-corrected chi connectivity index (χ1v) is 8.54. The maximum atomic E-state index is 12.1. The molecule has 1 aliphatic rings. The zero-order valence-electron chi connectivity index (χ0n) is 13.3. The lowest BCUT2D eigenvalue weighted by atomic mass is 10.2. The number of nitrogens with one attached hydrogen (secondary N) is 1. The third-order valence-electron chi connectivity index (χ3n) is 3.37. The Morgan fingerprint density at radius 1 is 1.36 bits per heavy atom. The molecule has 1 amide bonds. The summed E-state index contributed by atoms with van der Waals surface area (Å²) in [5.41, 5.74) is 3.56. The number of phenols is 1. The Morgan fingerprint density at radius 3 is 2.96 bits per heavy atom. The van der Waals surface area contributed by atoms with Crippen molar-refractivity contribution >= 4 is 34.7 Å². The first kappa shape index (κ1) is 17.3. The van der Waals surface area contributed by atoms with Crippen LogP contribution in [0.3, 0.4) is 0 Å². The molecule has 1 aliphatic heterocycles. The number of hydrogen-bond acceptors (Lipinski definition) is 6. The van der Waals surface area contributed by atoms with Gasteiger partial charge in [0.25, 0.3) is 5.91 Å². The predicted octanol–water partition coefficient (Wildman–Crippen LogP) is 2.89. The Bertz CT molecular complexity index is 838. The van der Waals surface area contributed by atoms with E-state index in [1.54, 1.807) is 30.3 Å². The van der Waals surface area contributed by atoms with E-state index in [0.717, 1.165) is 0 Å². The molecule has 25 heavy (non-hydrogen) atoms. The lowest BCUT2D eigenvalue weighted by Gasteiger charge is -2.08. The van der Waals surface area contributed by atoms with Crippen molar-refractivity contribution in [3.8, 4) is 23.0 Å². The maximum Gasteiger partial charge on any atom is 0.271 e. The summed E-state index contributed by atoms with van der Waals surface area (Å²) in [6, 6.07) is 8.29. The highest BCUT2D eigenvalue weighted by atomic mass is 127. The fourth-order valence-electron chi connectivity index (χ4n) is 2.20. The third kappa shape index (κ3) is 3.95. The molecular weight excluding hydrogens is 439 g/mol. The zero-order valence-corrected chi connectivity index (χ0v) is 15.4. The minimum Gasteiger partial charge on any atom is -0.504 e. The van der Waals surface area contributed by atoms with Crippen molar-refractivity contribution in [1.82, 2.24) is 5.43 Å². The summed E-state index contributed by atoms with van der Waals surface area (Å²) < 4.78 is 16.5. The Labute approximate surface area is 157 Å². The molecule has 130 valence electrons. The molecule has 0 fully saturated rings. The van der Waals surface area contributed by atoms with Crippen LogP contribution in [0.5, 0.6) is 23.0 Å². The summed E-state index contributed by atoms with van der Waals surface area (Å²) in [6.07, 6.45) is 1.48. The predicted molar refractivity (Wildman–Crippen MR) is 99.6 cm³/mol. The van der Waals surface area contributed by atoms with Crippen molar-refractivity contribution < 1.29 is 24.1 Å². The molecule has 0 atom stereocenters. The summed E-state index contributed by atoms with van der Waals surface area (Å²) in [4.78, 5) is 12.1. The molecule has 0 bridgehead atoms. The number of hydrazone groups is 1. The Kier molecular flexibility index (Phi) is 5.27. The van der Waals surface area contributed by atoms with Crippen molar-refractivity contribution in [2.24, 2.45) is 5.10 Å². The lowest BCUT2D eigenvalue weighted by molar-refractivity contribution is 0.0954. The van der Waals surface area contributed by atoms with E-state index in [-0.39, 0.29) is 18.4 Å². The standard InChI is InChI=1S/C17H15IN2O5/c1-2-23-15-6-10(5-12(18)16(15)21)8-19-20-17(22)11-3-4-13-14(7-11)25-9-24-13/h3-8,21H,2,9H2,1H3,(H,20,22)/b19-8-. The molecule has 0 spiro atoms. The summed E-state index contributed by atoms with van der Waals surface area (Å²) in [6.45, 7) is 2.42. The average Bonchev–Trinajstić information content (AvgIpc) is 3.07. The number of rotatable bonds is 5. The van der Waals surface area contributed by atoms with Gasteiger partial charge in [-0.1, -0.05) is 0 Å². The maximum absolute atomic E-state index is 12.1. The molecule has 0 radical (unpaired) electrons. The highest BCUT2D eigenvalue weighted by molar-refractivity contribution is 14.1. The number of ether oxygens (including phenoxy) is 3. The van der Waals surface area contributed by atoms with E-state index in [1.807, 2.05) is 29.5 Å². The number of amides is 1. The van der Waals surface area contributed by atoms with Gasteiger partial charge in [-0.3, -0.25) is 4.79 Å². The van der Waals surface area contributed by atoms with Gasteiger partial charge in [0.15, 0.2) is 23.0 Å². The SMILES string of the molecule is CCOc1cc(/C=N\NC(=O)c2ccc3c(c2)OCO3)cc(I)c1O. The van der Waals surface area contributed by atoms with E-state index in [4.69, 9.17) is 14.2 Å². The molecule has 2 N–H and O–H groups in total. The lowest BCUT2D eigenvalue weighted by Crippen LogP contribution is -2.17. The van der Waals surface area contributed by atoms with Gasteiger partial charge in [-0.05, 0) is 65.4 Å². The van der Waals surface area contributed by atoms with Crippen LogP contribution in [0.2, 0.25) is 0 Å². The molecule has 1 heterocycles. The van der Waals surface area contributed by atoms with Crippen molar-refractivity contribution in [2.75, 3.05) is 13.4 Å². The highest BCUT2D eigenvalue weighted by Gasteiger charge is 2.16. The van der Waals surface area contributed by atoms with Crippen molar-refractivity contribution in [1.29, 1.82) is 0 Å². The van der Waals surface area contributed by atoms with E-state index in [0.29, 0.717) is 38.6 Å². The van der Waals surface area contributed by atoms with Gasteiger partial charge in [-0.25, -0.2) is 5.43 Å². The summed E-state index contributed by atoms with van der Waals surface area (Å²) >= 11 is 2.00. The van der Waals surface area contributed by atoms with E-state index >= 15 is 0 Å². The average molecular weight is 454 g/mol. The summed E-state index contributed by atoms with van der Waals surface area (Å²) in [7, 11) is 0. The quantitative estimate of drug-likeness (QED) is 0.412. The fourth-order valence-corrected chi connectivity index (χ4v) is 2.83. The van der Waals surface area contributed by atoms with E-state index in [2.05, 4.69) is 10.5 Å². The highest BCUT2D eigenvalue weighted by Crippen LogP contribution is 2.33. The number of carbonyl (C=O) groups excluding carboxylic acids is 1. The number of phenolic OH excluding ortho intramolecular Hbond substituents is 1. The molecule has 2 aromatic carbocycles. The van der Waals surface area contributed by atoms with Crippen LogP contribution in [-0.4, -0.2) is 30.6 Å². The second kappa shape index (κ2) is 7.60. The molecule has 0 saturated carbocycles. The molecule has 8 heteroatoms. The molecule has 0 aromatic heterocycles. The van der Waals surface area contributed by atoms with E-state index in [9.17, 15) is 9.90 Å². The number of carbonyl (C=O) groups is 1. The number of halogens is 1. The van der Waals surface area contributed by atoms with Gasteiger partial charge in [0.05, 0.1) is 16.4 Å². The molecule has 0 aliphatic carbocycles. The molecule has 3 rings (SSSR count). The third-order valence-corrected chi connectivity index (χ3v) is 4.19. The minimum atomic E-state index is -0.368.